The normalized spacial score (nSPS) is 21.0. The first-order chi connectivity index (χ1) is 11.7. The molecule has 5 heteroatoms. The zero-order chi connectivity index (χ0) is 16.5. The number of carbonyl (C=O) groups is 1. The lowest BCUT2D eigenvalue weighted by Crippen LogP contribution is -2.44. The summed E-state index contributed by atoms with van der Waals surface area (Å²) < 4.78 is 1.34. The molecule has 2 heterocycles. The van der Waals surface area contributed by atoms with Gasteiger partial charge in [0.25, 0.3) is 0 Å². The second-order valence-corrected chi connectivity index (χ2v) is 8.26. The Labute approximate surface area is 146 Å². The van der Waals surface area contributed by atoms with E-state index in [1.807, 2.05) is 11.3 Å². The minimum absolute atomic E-state index is 0.0995. The topological polar surface area (TPSA) is 52.6 Å². The van der Waals surface area contributed by atoms with Crippen LogP contribution in [0.3, 0.4) is 0 Å². The van der Waals surface area contributed by atoms with Crippen LogP contribution in [0.25, 0.3) is 10.1 Å². The van der Waals surface area contributed by atoms with E-state index in [0.717, 1.165) is 45.3 Å². The van der Waals surface area contributed by atoms with Crippen molar-refractivity contribution >= 4 is 27.3 Å². The molecule has 0 radical (unpaired) electrons. The first-order valence-electron chi connectivity index (χ1n) is 8.87. The molecule has 4 rings (SSSR count). The van der Waals surface area contributed by atoms with E-state index in [4.69, 9.17) is 0 Å². The molecule has 1 aromatic heterocycles. The number of amides is 1. The number of rotatable bonds is 5. The molecular formula is C19H24N2O2S. The molecule has 2 aromatic rings. The van der Waals surface area contributed by atoms with Crippen LogP contribution in [0.4, 0.5) is 0 Å². The molecule has 2 N–H and O–H groups in total. The molecule has 1 saturated carbocycles. The maximum absolute atomic E-state index is 12.0. The van der Waals surface area contributed by atoms with Gasteiger partial charge in [0, 0.05) is 22.2 Å². The third-order valence-corrected chi connectivity index (χ3v) is 6.23. The molecule has 4 nitrogen and oxygen atoms in total. The van der Waals surface area contributed by atoms with Gasteiger partial charge in [0.05, 0.1) is 0 Å². The number of benzene rings is 1. The predicted octanol–water partition coefficient (Wildman–Crippen LogP) is 2.75. The monoisotopic (exact) mass is 344 g/mol. The summed E-state index contributed by atoms with van der Waals surface area (Å²) in [6.07, 6.45) is 3.07. The van der Waals surface area contributed by atoms with E-state index in [1.165, 1.54) is 15.0 Å². The number of thiophene rings is 1. The zero-order valence-corrected chi connectivity index (χ0v) is 14.6. The molecule has 1 unspecified atom stereocenters. The molecule has 24 heavy (non-hydrogen) atoms. The van der Waals surface area contributed by atoms with Gasteiger partial charge in [-0.3, -0.25) is 9.69 Å². The van der Waals surface area contributed by atoms with Gasteiger partial charge in [0.1, 0.15) is 6.10 Å². The summed E-state index contributed by atoms with van der Waals surface area (Å²) in [5.74, 6) is -0.0668. The molecule has 2 fully saturated rings. The van der Waals surface area contributed by atoms with Crippen LogP contribution in [0, 0.1) is 5.92 Å². The van der Waals surface area contributed by atoms with E-state index < -0.39 is 6.10 Å². The van der Waals surface area contributed by atoms with Crippen molar-refractivity contribution < 1.29 is 9.90 Å². The lowest BCUT2D eigenvalue weighted by molar-refractivity contribution is -0.133. The number of aliphatic hydroxyl groups excluding tert-OH is 1. The van der Waals surface area contributed by atoms with E-state index in [9.17, 15) is 9.90 Å². The Morgan fingerprint density at radius 1 is 1.25 bits per heavy atom. The quantitative estimate of drug-likeness (QED) is 0.877. The van der Waals surface area contributed by atoms with Gasteiger partial charge < -0.3 is 10.4 Å². The molecular weight excluding hydrogens is 320 g/mol. The number of piperidine rings is 1. The van der Waals surface area contributed by atoms with Crippen molar-refractivity contribution in [3.8, 4) is 0 Å². The average Bonchev–Trinajstić information content (AvgIpc) is 3.31. The van der Waals surface area contributed by atoms with Gasteiger partial charge in [0.15, 0.2) is 0 Å². The number of hydrogen-bond donors (Lipinski definition) is 2. The van der Waals surface area contributed by atoms with E-state index >= 15 is 0 Å². The molecule has 1 aromatic carbocycles. The van der Waals surface area contributed by atoms with Crippen LogP contribution in [0.1, 0.15) is 30.6 Å². The number of fused-ring (bicyclic) bond motifs is 1. The molecule has 128 valence electrons. The molecule has 1 amide bonds. The number of hydrogen-bond acceptors (Lipinski definition) is 4. The van der Waals surface area contributed by atoms with Crippen LogP contribution < -0.4 is 5.32 Å². The molecule has 2 aliphatic rings. The van der Waals surface area contributed by atoms with Crippen molar-refractivity contribution in [2.24, 2.45) is 5.92 Å². The summed E-state index contributed by atoms with van der Waals surface area (Å²) in [7, 11) is 0. The van der Waals surface area contributed by atoms with Crippen LogP contribution in [-0.2, 0) is 11.3 Å². The number of likely N-dealkylation sites (tertiary alicyclic amines) is 1. The van der Waals surface area contributed by atoms with Gasteiger partial charge in [-0.2, -0.15) is 0 Å². The van der Waals surface area contributed by atoms with Crippen LogP contribution >= 0.6 is 11.3 Å². The number of nitrogens with zero attached hydrogens (tertiary/aromatic N) is 1. The standard InChI is InChI=1S/C19H24N2O2S/c22-18(19(23)20-15-5-6-15)13-7-9-21(10-8-13)12-16-11-14-3-1-2-4-17(14)24-16/h1-4,11,13,15,18,22H,5-10,12H2,(H,20,23). The van der Waals surface area contributed by atoms with Gasteiger partial charge >= 0.3 is 0 Å². The predicted molar refractivity (Wildman–Crippen MR) is 97.0 cm³/mol. The van der Waals surface area contributed by atoms with Crippen LogP contribution in [0.2, 0.25) is 0 Å². The number of aliphatic hydroxyl groups is 1. The van der Waals surface area contributed by atoms with E-state index in [2.05, 4.69) is 40.5 Å². The molecule has 0 bridgehead atoms. The Balaban J connectivity index is 1.30. The summed E-state index contributed by atoms with van der Waals surface area (Å²) in [4.78, 5) is 15.8. The fourth-order valence-corrected chi connectivity index (χ4v) is 4.60. The van der Waals surface area contributed by atoms with Gasteiger partial charge in [0.2, 0.25) is 5.91 Å². The summed E-state index contributed by atoms with van der Waals surface area (Å²) in [5, 5.41) is 14.5. The number of carbonyl (C=O) groups excluding carboxylic acids is 1. The molecule has 1 aliphatic heterocycles. The van der Waals surface area contributed by atoms with Crippen molar-refractivity contribution in [2.45, 2.75) is 44.4 Å². The molecule has 0 spiro atoms. The Morgan fingerprint density at radius 2 is 2.00 bits per heavy atom. The van der Waals surface area contributed by atoms with Gasteiger partial charge in [-0.25, -0.2) is 0 Å². The van der Waals surface area contributed by atoms with Crippen molar-refractivity contribution in [1.29, 1.82) is 0 Å². The lowest BCUT2D eigenvalue weighted by atomic mass is 9.90. The maximum Gasteiger partial charge on any atom is 0.249 e. The smallest absolute Gasteiger partial charge is 0.249 e. The second kappa shape index (κ2) is 6.82. The molecule has 1 atom stereocenters. The third-order valence-electron chi connectivity index (χ3n) is 5.13. The zero-order valence-electron chi connectivity index (χ0n) is 13.8. The largest absolute Gasteiger partial charge is 0.383 e. The van der Waals surface area contributed by atoms with Crippen molar-refractivity contribution in [3.63, 3.8) is 0 Å². The Morgan fingerprint density at radius 3 is 2.71 bits per heavy atom. The highest BCUT2D eigenvalue weighted by Crippen LogP contribution is 2.28. The van der Waals surface area contributed by atoms with Gasteiger partial charge in [-0.15, -0.1) is 11.3 Å². The van der Waals surface area contributed by atoms with Crippen LogP contribution in [0.15, 0.2) is 30.3 Å². The molecule has 1 saturated heterocycles. The number of nitrogens with one attached hydrogen (secondary N) is 1. The van der Waals surface area contributed by atoms with Gasteiger partial charge in [-0.1, -0.05) is 18.2 Å². The van der Waals surface area contributed by atoms with Crippen LogP contribution in [0.5, 0.6) is 0 Å². The van der Waals surface area contributed by atoms with E-state index in [-0.39, 0.29) is 11.8 Å². The fraction of sp³-hybridized carbons (Fsp3) is 0.526. The average molecular weight is 344 g/mol. The van der Waals surface area contributed by atoms with Crippen molar-refractivity contribution in [1.82, 2.24) is 10.2 Å². The van der Waals surface area contributed by atoms with Gasteiger partial charge in [-0.05, 0) is 62.2 Å². The molecule has 1 aliphatic carbocycles. The summed E-state index contributed by atoms with van der Waals surface area (Å²) in [6.45, 7) is 2.87. The minimum Gasteiger partial charge on any atom is -0.383 e. The highest BCUT2D eigenvalue weighted by molar-refractivity contribution is 7.19. The summed E-state index contributed by atoms with van der Waals surface area (Å²) >= 11 is 1.86. The summed E-state index contributed by atoms with van der Waals surface area (Å²) in [5.41, 5.74) is 0. The highest BCUT2D eigenvalue weighted by Gasteiger charge is 2.32. The first-order valence-corrected chi connectivity index (χ1v) is 9.69. The highest BCUT2D eigenvalue weighted by atomic mass is 32.1. The Kier molecular flexibility index (Phi) is 4.57. The lowest BCUT2D eigenvalue weighted by Gasteiger charge is -2.33. The third kappa shape index (κ3) is 3.63. The van der Waals surface area contributed by atoms with Crippen molar-refractivity contribution in [3.05, 3.63) is 35.2 Å². The Bertz CT molecular complexity index is 684. The fourth-order valence-electron chi connectivity index (χ4n) is 3.49. The van der Waals surface area contributed by atoms with Crippen LogP contribution in [-0.4, -0.2) is 41.1 Å². The maximum atomic E-state index is 12.0. The summed E-state index contributed by atoms with van der Waals surface area (Å²) in [6, 6.07) is 11.1. The van der Waals surface area contributed by atoms with E-state index in [0.29, 0.717) is 6.04 Å². The first kappa shape index (κ1) is 16.1. The van der Waals surface area contributed by atoms with E-state index in [1.54, 1.807) is 0 Å². The Hall–Kier alpha value is -1.43. The van der Waals surface area contributed by atoms with Crippen molar-refractivity contribution in [2.75, 3.05) is 13.1 Å². The second-order valence-electron chi connectivity index (χ2n) is 7.09. The SMILES string of the molecule is O=C(NC1CC1)C(O)C1CCN(Cc2cc3ccccc3s2)CC1. The minimum atomic E-state index is -0.836.